The highest BCUT2D eigenvalue weighted by molar-refractivity contribution is 5.39. The number of aliphatic hydroxyl groups is 1. The third-order valence-electron chi connectivity index (χ3n) is 3.67. The van der Waals surface area contributed by atoms with Gasteiger partial charge in [-0.3, -0.25) is 0 Å². The number of ether oxygens (including phenoxy) is 2. The van der Waals surface area contributed by atoms with Crippen molar-refractivity contribution in [3.63, 3.8) is 0 Å². The number of aliphatic hydroxyl groups excluding tert-OH is 1. The molecule has 4 heteroatoms. The number of benzene rings is 2. The van der Waals surface area contributed by atoms with E-state index in [-0.39, 0.29) is 11.9 Å². The Morgan fingerprint density at radius 2 is 2.14 bits per heavy atom. The van der Waals surface area contributed by atoms with E-state index in [4.69, 9.17) is 9.47 Å². The summed E-state index contributed by atoms with van der Waals surface area (Å²) in [6.07, 6.45) is -0.553. The van der Waals surface area contributed by atoms with Crippen LogP contribution < -0.4 is 4.74 Å². The first-order valence-corrected chi connectivity index (χ1v) is 6.89. The molecule has 0 aromatic heterocycles. The summed E-state index contributed by atoms with van der Waals surface area (Å²) in [7, 11) is 1.65. The molecule has 3 nitrogen and oxygen atoms in total. The van der Waals surface area contributed by atoms with Crippen LogP contribution in [0.2, 0.25) is 0 Å². The Morgan fingerprint density at radius 1 is 1.29 bits per heavy atom. The van der Waals surface area contributed by atoms with Gasteiger partial charge in [0.25, 0.3) is 0 Å². The van der Waals surface area contributed by atoms with Crippen LogP contribution in [-0.2, 0) is 11.3 Å². The number of methoxy groups -OCH3 is 1. The number of fused-ring (bicyclic) bond motifs is 1. The molecule has 0 bridgehead atoms. The van der Waals surface area contributed by atoms with Gasteiger partial charge in [0.05, 0.1) is 12.7 Å². The molecule has 1 aliphatic rings. The quantitative estimate of drug-likeness (QED) is 0.939. The zero-order valence-electron chi connectivity index (χ0n) is 11.8. The van der Waals surface area contributed by atoms with E-state index >= 15 is 0 Å². The summed E-state index contributed by atoms with van der Waals surface area (Å²) in [6, 6.07) is 12.1. The molecule has 21 heavy (non-hydrogen) atoms. The molecule has 110 valence electrons. The maximum Gasteiger partial charge on any atom is 0.127 e. The number of halogens is 1. The van der Waals surface area contributed by atoms with Crippen molar-refractivity contribution in [3.8, 4) is 5.75 Å². The molecule has 1 unspecified atom stereocenters. The molecule has 0 amide bonds. The van der Waals surface area contributed by atoms with Crippen molar-refractivity contribution in [1.82, 2.24) is 0 Å². The summed E-state index contributed by atoms with van der Waals surface area (Å²) in [5, 5.41) is 10.2. The fourth-order valence-electron chi connectivity index (χ4n) is 2.67. The van der Waals surface area contributed by atoms with Crippen LogP contribution in [0.25, 0.3) is 0 Å². The molecular formula is C17H17FO3. The molecule has 0 radical (unpaired) electrons. The Kier molecular flexibility index (Phi) is 3.90. The maximum atomic E-state index is 13.2. The van der Waals surface area contributed by atoms with Crippen LogP contribution in [-0.4, -0.2) is 12.2 Å². The van der Waals surface area contributed by atoms with Gasteiger partial charge in [0.2, 0.25) is 0 Å². The van der Waals surface area contributed by atoms with Crippen LogP contribution in [0.1, 0.15) is 35.3 Å². The lowest BCUT2D eigenvalue weighted by molar-refractivity contribution is 0.0652. The largest absolute Gasteiger partial charge is 0.485 e. The van der Waals surface area contributed by atoms with Crippen molar-refractivity contribution in [1.29, 1.82) is 0 Å². The fraction of sp³-hybridized carbons (Fsp3) is 0.294. The van der Waals surface area contributed by atoms with Crippen molar-refractivity contribution in [3.05, 3.63) is 65.0 Å². The monoisotopic (exact) mass is 288 g/mol. The first-order chi connectivity index (χ1) is 10.2. The summed E-state index contributed by atoms with van der Waals surface area (Å²) < 4.78 is 24.3. The maximum absolute atomic E-state index is 13.2. The molecular weight excluding hydrogens is 271 g/mol. The molecule has 0 spiro atoms. The Labute approximate surface area is 122 Å². The lowest BCUT2D eigenvalue weighted by atomic mass is 9.94. The lowest BCUT2D eigenvalue weighted by Crippen LogP contribution is -2.19. The lowest BCUT2D eigenvalue weighted by Gasteiger charge is -2.30. The highest BCUT2D eigenvalue weighted by Gasteiger charge is 2.28. The third-order valence-corrected chi connectivity index (χ3v) is 3.67. The van der Waals surface area contributed by atoms with Crippen LogP contribution in [0.4, 0.5) is 4.39 Å². The molecule has 0 aliphatic carbocycles. The molecule has 1 aliphatic heterocycles. The average molecular weight is 288 g/mol. The normalized spacial score (nSPS) is 20.7. The SMILES string of the molecule is COCc1cccc(C2C[C@H](O)c3cc(F)ccc3O2)c1. The standard InChI is InChI=1S/C17H17FO3/c1-20-10-11-3-2-4-12(7-11)17-9-15(19)14-8-13(18)5-6-16(14)21-17/h2-8,15,17,19H,9-10H2,1H3/t15-,17?/m0/s1. The van der Waals surface area contributed by atoms with Gasteiger partial charge in [-0.15, -0.1) is 0 Å². The van der Waals surface area contributed by atoms with Crippen molar-refractivity contribution in [2.75, 3.05) is 7.11 Å². The van der Waals surface area contributed by atoms with Gasteiger partial charge in [-0.05, 0) is 35.4 Å². The predicted molar refractivity (Wildman–Crippen MR) is 76.5 cm³/mol. The molecule has 3 rings (SSSR count). The van der Waals surface area contributed by atoms with Crippen molar-refractivity contribution in [2.24, 2.45) is 0 Å². The van der Waals surface area contributed by atoms with E-state index in [1.165, 1.54) is 12.1 Å². The molecule has 2 aromatic carbocycles. The summed E-state index contributed by atoms with van der Waals surface area (Å²) in [6.45, 7) is 0.533. The van der Waals surface area contributed by atoms with Crippen molar-refractivity contribution < 1.29 is 19.0 Å². The number of hydrogen-bond acceptors (Lipinski definition) is 3. The minimum absolute atomic E-state index is 0.241. The van der Waals surface area contributed by atoms with Gasteiger partial charge in [-0.25, -0.2) is 4.39 Å². The van der Waals surface area contributed by atoms with Gasteiger partial charge in [-0.1, -0.05) is 18.2 Å². The Hall–Kier alpha value is -1.91. The molecule has 2 aromatic rings. The Balaban J connectivity index is 1.88. The van der Waals surface area contributed by atoms with Crippen LogP contribution in [0, 0.1) is 5.82 Å². The summed E-state index contributed by atoms with van der Waals surface area (Å²) in [4.78, 5) is 0. The van der Waals surface area contributed by atoms with E-state index < -0.39 is 6.10 Å². The van der Waals surface area contributed by atoms with Crippen LogP contribution in [0.3, 0.4) is 0 Å². The van der Waals surface area contributed by atoms with Crippen LogP contribution in [0.5, 0.6) is 5.75 Å². The minimum Gasteiger partial charge on any atom is -0.485 e. The van der Waals surface area contributed by atoms with Gasteiger partial charge < -0.3 is 14.6 Å². The van der Waals surface area contributed by atoms with Crippen LogP contribution >= 0.6 is 0 Å². The summed E-state index contributed by atoms with van der Waals surface area (Å²) in [5.74, 6) is 0.175. The van der Waals surface area contributed by atoms with Gasteiger partial charge >= 0.3 is 0 Å². The molecule has 2 atom stereocenters. The van der Waals surface area contributed by atoms with Gasteiger partial charge in [0, 0.05) is 19.1 Å². The topological polar surface area (TPSA) is 38.7 Å². The van der Waals surface area contributed by atoms with E-state index in [0.717, 1.165) is 11.1 Å². The molecule has 0 saturated heterocycles. The molecule has 0 fully saturated rings. The first-order valence-electron chi connectivity index (χ1n) is 6.89. The number of rotatable bonds is 3. The van der Waals surface area contributed by atoms with Crippen molar-refractivity contribution in [2.45, 2.75) is 25.2 Å². The van der Waals surface area contributed by atoms with Gasteiger partial charge in [0.1, 0.15) is 17.7 Å². The summed E-state index contributed by atoms with van der Waals surface area (Å²) in [5.41, 5.74) is 2.55. The zero-order chi connectivity index (χ0) is 14.8. The smallest absolute Gasteiger partial charge is 0.127 e. The molecule has 1 heterocycles. The Morgan fingerprint density at radius 3 is 2.95 bits per heavy atom. The third kappa shape index (κ3) is 2.91. The van der Waals surface area contributed by atoms with E-state index in [1.807, 2.05) is 24.3 Å². The predicted octanol–water partition coefficient (Wildman–Crippen LogP) is 3.53. The van der Waals surface area contributed by atoms with E-state index in [0.29, 0.717) is 24.3 Å². The van der Waals surface area contributed by atoms with E-state index in [2.05, 4.69) is 0 Å². The number of hydrogen-bond donors (Lipinski definition) is 1. The summed E-state index contributed by atoms with van der Waals surface area (Å²) >= 11 is 0. The van der Waals surface area contributed by atoms with E-state index in [9.17, 15) is 9.50 Å². The Bertz CT molecular complexity index is 642. The second-order valence-electron chi connectivity index (χ2n) is 5.22. The highest BCUT2D eigenvalue weighted by atomic mass is 19.1. The van der Waals surface area contributed by atoms with Crippen molar-refractivity contribution >= 4 is 0 Å². The average Bonchev–Trinajstić information content (AvgIpc) is 2.48. The minimum atomic E-state index is -0.722. The second kappa shape index (κ2) is 5.84. The van der Waals surface area contributed by atoms with Gasteiger partial charge in [0.15, 0.2) is 0 Å². The molecule has 1 N–H and O–H groups in total. The van der Waals surface area contributed by atoms with Gasteiger partial charge in [-0.2, -0.15) is 0 Å². The second-order valence-corrected chi connectivity index (χ2v) is 5.22. The van der Waals surface area contributed by atoms with E-state index in [1.54, 1.807) is 13.2 Å². The first kappa shape index (κ1) is 14.0. The van der Waals surface area contributed by atoms with Crippen LogP contribution in [0.15, 0.2) is 42.5 Å². The molecule has 0 saturated carbocycles. The fourth-order valence-corrected chi connectivity index (χ4v) is 2.67. The zero-order valence-corrected chi connectivity index (χ0v) is 11.8. The highest BCUT2D eigenvalue weighted by Crippen LogP contribution is 2.41.